The zero-order valence-corrected chi connectivity index (χ0v) is 9.86. The van der Waals surface area contributed by atoms with Gasteiger partial charge in [-0.25, -0.2) is 0 Å². The summed E-state index contributed by atoms with van der Waals surface area (Å²) in [5, 5.41) is 0. The zero-order chi connectivity index (χ0) is 10.7. The quantitative estimate of drug-likeness (QED) is 0.819. The van der Waals surface area contributed by atoms with Gasteiger partial charge in [-0.05, 0) is 35.0 Å². The van der Waals surface area contributed by atoms with Crippen LogP contribution in [0.3, 0.4) is 0 Å². The maximum atomic E-state index is 5.68. The van der Waals surface area contributed by atoms with Gasteiger partial charge in [0.2, 0.25) is 0 Å². The number of hydrogen-bond donors (Lipinski definition) is 0. The second kappa shape index (κ2) is 4.45. The summed E-state index contributed by atoms with van der Waals surface area (Å²) in [7, 11) is 0. The van der Waals surface area contributed by atoms with Gasteiger partial charge in [0.25, 0.3) is 0 Å². The minimum absolute atomic E-state index is 0.772. The Hall–Kier alpha value is -1.35. The van der Waals surface area contributed by atoms with Crippen molar-refractivity contribution in [3.63, 3.8) is 0 Å². The monoisotopic (exact) mass is 263 g/mol. The van der Waals surface area contributed by atoms with Crippen LogP contribution in [-0.2, 0) is 0 Å². The van der Waals surface area contributed by atoms with Crippen LogP contribution in [0.2, 0.25) is 0 Å². The van der Waals surface area contributed by atoms with Crippen molar-refractivity contribution in [2.75, 3.05) is 0 Å². The van der Waals surface area contributed by atoms with Crippen molar-refractivity contribution < 1.29 is 4.74 Å². The summed E-state index contributed by atoms with van der Waals surface area (Å²) < 4.78 is 6.53. The highest BCUT2D eigenvalue weighted by molar-refractivity contribution is 9.10. The van der Waals surface area contributed by atoms with E-state index in [0.29, 0.717) is 0 Å². The maximum absolute atomic E-state index is 5.68. The topological polar surface area (TPSA) is 22.1 Å². The molecule has 0 aliphatic carbocycles. The van der Waals surface area contributed by atoms with E-state index in [0.717, 1.165) is 16.0 Å². The van der Waals surface area contributed by atoms with Gasteiger partial charge in [0.15, 0.2) is 0 Å². The number of ether oxygens (including phenoxy) is 1. The Morgan fingerprint density at radius 2 is 1.87 bits per heavy atom. The lowest BCUT2D eigenvalue weighted by Gasteiger charge is -2.06. The highest BCUT2D eigenvalue weighted by Crippen LogP contribution is 2.28. The number of aromatic nitrogens is 1. The van der Waals surface area contributed by atoms with Gasteiger partial charge in [0.1, 0.15) is 11.5 Å². The minimum Gasteiger partial charge on any atom is -0.456 e. The SMILES string of the molecule is Cc1ccc(Oc2ccncc2Br)cc1. The van der Waals surface area contributed by atoms with Gasteiger partial charge in [0.05, 0.1) is 4.47 Å². The Morgan fingerprint density at radius 1 is 1.13 bits per heavy atom. The molecule has 0 saturated carbocycles. The summed E-state index contributed by atoms with van der Waals surface area (Å²) in [4.78, 5) is 3.97. The fourth-order valence-electron chi connectivity index (χ4n) is 1.18. The first kappa shape index (κ1) is 10.2. The standard InChI is InChI=1S/C12H10BrNO/c1-9-2-4-10(5-3-9)15-12-6-7-14-8-11(12)13/h2-8H,1H3. The Labute approximate surface area is 97.1 Å². The molecule has 0 saturated heterocycles. The molecule has 0 unspecified atom stereocenters. The molecule has 2 nitrogen and oxygen atoms in total. The van der Waals surface area contributed by atoms with Crippen LogP contribution < -0.4 is 4.74 Å². The van der Waals surface area contributed by atoms with E-state index < -0.39 is 0 Å². The largest absolute Gasteiger partial charge is 0.456 e. The van der Waals surface area contributed by atoms with Crippen molar-refractivity contribution in [3.8, 4) is 11.5 Å². The highest BCUT2D eigenvalue weighted by atomic mass is 79.9. The summed E-state index contributed by atoms with van der Waals surface area (Å²) in [5.41, 5.74) is 1.22. The molecular weight excluding hydrogens is 254 g/mol. The third-order valence-electron chi connectivity index (χ3n) is 1.98. The molecule has 2 aromatic rings. The second-order valence-electron chi connectivity index (χ2n) is 3.22. The lowest BCUT2D eigenvalue weighted by molar-refractivity contribution is 0.478. The molecule has 0 spiro atoms. The molecule has 0 aliphatic heterocycles. The number of hydrogen-bond acceptors (Lipinski definition) is 2. The third kappa shape index (κ3) is 2.57. The van der Waals surface area contributed by atoms with E-state index in [4.69, 9.17) is 4.74 Å². The molecule has 0 amide bonds. The van der Waals surface area contributed by atoms with Gasteiger partial charge in [-0.2, -0.15) is 0 Å². The van der Waals surface area contributed by atoms with E-state index in [2.05, 4.69) is 20.9 Å². The fraction of sp³-hybridized carbons (Fsp3) is 0.0833. The number of nitrogens with zero attached hydrogens (tertiary/aromatic N) is 1. The molecule has 1 aromatic carbocycles. The lowest BCUT2D eigenvalue weighted by Crippen LogP contribution is -1.86. The average Bonchev–Trinajstić information content (AvgIpc) is 2.25. The summed E-state index contributed by atoms with van der Waals surface area (Å²) in [6.45, 7) is 2.05. The Kier molecular flexibility index (Phi) is 3.02. The van der Waals surface area contributed by atoms with Gasteiger partial charge >= 0.3 is 0 Å². The van der Waals surface area contributed by atoms with Crippen molar-refractivity contribution in [3.05, 3.63) is 52.8 Å². The summed E-state index contributed by atoms with van der Waals surface area (Å²) in [6.07, 6.45) is 3.41. The van der Waals surface area contributed by atoms with Crippen LogP contribution in [0.1, 0.15) is 5.56 Å². The molecule has 0 bridgehead atoms. The fourth-order valence-corrected chi connectivity index (χ4v) is 1.51. The summed E-state index contributed by atoms with van der Waals surface area (Å²) in [5.74, 6) is 1.60. The third-order valence-corrected chi connectivity index (χ3v) is 2.58. The second-order valence-corrected chi connectivity index (χ2v) is 4.08. The van der Waals surface area contributed by atoms with E-state index in [1.54, 1.807) is 12.4 Å². The zero-order valence-electron chi connectivity index (χ0n) is 8.27. The van der Waals surface area contributed by atoms with E-state index in [1.165, 1.54) is 5.56 Å². The average molecular weight is 264 g/mol. The van der Waals surface area contributed by atoms with Crippen LogP contribution in [-0.4, -0.2) is 4.98 Å². The van der Waals surface area contributed by atoms with Crippen molar-refractivity contribution in [2.24, 2.45) is 0 Å². The van der Waals surface area contributed by atoms with Crippen LogP contribution in [0.25, 0.3) is 0 Å². The molecule has 1 heterocycles. The lowest BCUT2D eigenvalue weighted by atomic mass is 10.2. The summed E-state index contributed by atoms with van der Waals surface area (Å²) >= 11 is 3.38. The maximum Gasteiger partial charge on any atom is 0.144 e. The van der Waals surface area contributed by atoms with Crippen LogP contribution in [0.4, 0.5) is 0 Å². The first-order valence-electron chi connectivity index (χ1n) is 4.60. The van der Waals surface area contributed by atoms with Crippen LogP contribution in [0, 0.1) is 6.92 Å². The molecule has 2 rings (SSSR count). The predicted molar refractivity (Wildman–Crippen MR) is 63.2 cm³/mol. The molecule has 3 heteroatoms. The van der Waals surface area contributed by atoms with E-state index in [9.17, 15) is 0 Å². The van der Waals surface area contributed by atoms with Crippen molar-refractivity contribution in [2.45, 2.75) is 6.92 Å². The smallest absolute Gasteiger partial charge is 0.144 e. The molecule has 15 heavy (non-hydrogen) atoms. The molecule has 0 fully saturated rings. The number of halogens is 1. The number of pyridine rings is 1. The Bertz CT molecular complexity index is 453. The number of rotatable bonds is 2. The number of aryl methyl sites for hydroxylation is 1. The minimum atomic E-state index is 0.772. The summed E-state index contributed by atoms with van der Waals surface area (Å²) in [6, 6.07) is 9.75. The highest BCUT2D eigenvalue weighted by Gasteiger charge is 2.01. The van der Waals surface area contributed by atoms with Crippen LogP contribution in [0.15, 0.2) is 47.2 Å². The van der Waals surface area contributed by atoms with Crippen molar-refractivity contribution in [1.29, 1.82) is 0 Å². The van der Waals surface area contributed by atoms with Crippen LogP contribution in [0.5, 0.6) is 11.5 Å². The molecule has 0 radical (unpaired) electrons. The molecule has 0 aliphatic rings. The first-order valence-corrected chi connectivity index (χ1v) is 5.39. The van der Waals surface area contributed by atoms with Gasteiger partial charge in [-0.1, -0.05) is 17.7 Å². The van der Waals surface area contributed by atoms with Gasteiger partial charge in [0, 0.05) is 18.5 Å². The predicted octanol–water partition coefficient (Wildman–Crippen LogP) is 3.94. The molecular formula is C12H10BrNO. The number of benzene rings is 1. The van der Waals surface area contributed by atoms with Crippen LogP contribution >= 0.6 is 15.9 Å². The molecule has 0 atom stereocenters. The van der Waals surface area contributed by atoms with Crippen molar-refractivity contribution in [1.82, 2.24) is 4.98 Å². The molecule has 0 N–H and O–H groups in total. The molecule has 1 aromatic heterocycles. The van der Waals surface area contributed by atoms with E-state index in [1.807, 2.05) is 37.3 Å². The van der Waals surface area contributed by atoms with Gasteiger partial charge in [-0.3, -0.25) is 4.98 Å². The van der Waals surface area contributed by atoms with Crippen molar-refractivity contribution >= 4 is 15.9 Å². The van der Waals surface area contributed by atoms with E-state index in [-0.39, 0.29) is 0 Å². The Balaban J connectivity index is 2.22. The van der Waals surface area contributed by atoms with Gasteiger partial charge in [-0.15, -0.1) is 0 Å². The normalized spacial score (nSPS) is 10.0. The first-order chi connectivity index (χ1) is 7.25. The molecule has 76 valence electrons. The Morgan fingerprint density at radius 3 is 2.53 bits per heavy atom. The van der Waals surface area contributed by atoms with Gasteiger partial charge < -0.3 is 4.74 Å². The van der Waals surface area contributed by atoms with E-state index >= 15 is 0 Å².